The minimum absolute atomic E-state index is 0.0232. The van der Waals surface area contributed by atoms with Crippen LogP contribution < -0.4 is 5.73 Å². The molecule has 5 heteroatoms. The summed E-state index contributed by atoms with van der Waals surface area (Å²) in [5, 5.41) is 0.300. The number of nitrogen functional groups attached to an aromatic ring is 1. The van der Waals surface area contributed by atoms with Crippen molar-refractivity contribution in [2.45, 2.75) is 13.0 Å². The van der Waals surface area contributed by atoms with Gasteiger partial charge in [0.1, 0.15) is 0 Å². The summed E-state index contributed by atoms with van der Waals surface area (Å²) in [6.07, 6.45) is 0. The zero-order valence-electron chi connectivity index (χ0n) is 10.2. The number of halogens is 1. The molecule has 1 unspecified atom stereocenters. The van der Waals surface area contributed by atoms with Gasteiger partial charge in [0, 0.05) is 14.2 Å². The van der Waals surface area contributed by atoms with Crippen molar-refractivity contribution in [3.05, 3.63) is 28.8 Å². The molecule has 17 heavy (non-hydrogen) atoms. The van der Waals surface area contributed by atoms with Gasteiger partial charge in [0.05, 0.1) is 28.9 Å². The van der Waals surface area contributed by atoms with Crippen LogP contribution in [0, 0.1) is 0 Å². The van der Waals surface area contributed by atoms with E-state index in [4.69, 9.17) is 22.1 Å². The summed E-state index contributed by atoms with van der Waals surface area (Å²) in [5.41, 5.74) is 6.49. The van der Waals surface area contributed by atoms with Crippen LogP contribution in [-0.4, -0.2) is 37.6 Å². The number of likely N-dealkylation sites (N-methyl/N-ethyl adjacent to an activating group) is 1. The lowest BCUT2D eigenvalue weighted by Gasteiger charge is -2.24. The van der Waals surface area contributed by atoms with E-state index in [1.54, 1.807) is 37.3 Å². The predicted molar refractivity (Wildman–Crippen MR) is 69.3 cm³/mol. The van der Waals surface area contributed by atoms with Crippen LogP contribution in [0.3, 0.4) is 0 Å². The minimum atomic E-state index is -0.160. The number of nitrogens with two attached hydrogens (primary N) is 1. The second kappa shape index (κ2) is 5.89. The third-order valence-corrected chi connectivity index (χ3v) is 3.07. The maximum atomic E-state index is 12.2. The molecule has 4 nitrogen and oxygen atoms in total. The zero-order chi connectivity index (χ0) is 13.0. The van der Waals surface area contributed by atoms with Crippen molar-refractivity contribution in [2.75, 3.05) is 26.5 Å². The summed E-state index contributed by atoms with van der Waals surface area (Å²) in [6, 6.07) is 5.02. The van der Waals surface area contributed by atoms with Gasteiger partial charge >= 0.3 is 0 Å². The van der Waals surface area contributed by atoms with Crippen LogP contribution in [0.2, 0.25) is 5.02 Å². The van der Waals surface area contributed by atoms with E-state index < -0.39 is 0 Å². The largest absolute Gasteiger partial charge is 0.398 e. The molecule has 0 radical (unpaired) electrons. The number of carbonyl (C=O) groups excluding carboxylic acids is 1. The highest BCUT2D eigenvalue weighted by atomic mass is 35.5. The van der Waals surface area contributed by atoms with Crippen LogP contribution in [0.5, 0.6) is 0 Å². The van der Waals surface area contributed by atoms with Gasteiger partial charge < -0.3 is 15.4 Å². The van der Waals surface area contributed by atoms with Crippen molar-refractivity contribution in [1.82, 2.24) is 4.90 Å². The third-order valence-electron chi connectivity index (χ3n) is 2.65. The first-order valence-electron chi connectivity index (χ1n) is 5.29. The van der Waals surface area contributed by atoms with Gasteiger partial charge in [-0.2, -0.15) is 0 Å². The Hall–Kier alpha value is -1.26. The molecule has 1 rings (SSSR count). The van der Waals surface area contributed by atoms with Gasteiger partial charge in [-0.1, -0.05) is 17.7 Å². The number of anilines is 1. The Labute approximate surface area is 106 Å². The molecule has 0 aliphatic heterocycles. The predicted octanol–water partition coefficient (Wildman–Crippen LogP) is 2.03. The van der Waals surface area contributed by atoms with Crippen LogP contribution in [0.4, 0.5) is 5.69 Å². The molecule has 0 saturated carbocycles. The van der Waals surface area contributed by atoms with E-state index in [-0.39, 0.29) is 11.9 Å². The van der Waals surface area contributed by atoms with Crippen LogP contribution in [0.25, 0.3) is 0 Å². The summed E-state index contributed by atoms with van der Waals surface area (Å²) in [5.74, 6) is -0.160. The fourth-order valence-corrected chi connectivity index (χ4v) is 1.66. The van der Waals surface area contributed by atoms with E-state index in [1.807, 2.05) is 6.92 Å². The molecule has 1 amide bonds. The molecule has 0 bridgehead atoms. The number of carbonyl (C=O) groups is 1. The van der Waals surface area contributed by atoms with E-state index >= 15 is 0 Å². The van der Waals surface area contributed by atoms with E-state index in [0.717, 1.165) is 0 Å². The molecule has 0 aliphatic carbocycles. The van der Waals surface area contributed by atoms with E-state index in [0.29, 0.717) is 22.9 Å². The van der Waals surface area contributed by atoms with Crippen LogP contribution in [0.1, 0.15) is 17.3 Å². The number of hydrogen-bond acceptors (Lipinski definition) is 3. The molecule has 0 aliphatic rings. The van der Waals surface area contributed by atoms with Gasteiger partial charge in [-0.25, -0.2) is 0 Å². The van der Waals surface area contributed by atoms with Crippen molar-refractivity contribution < 1.29 is 9.53 Å². The Morgan fingerprint density at radius 1 is 1.59 bits per heavy atom. The Kier molecular flexibility index (Phi) is 4.78. The lowest BCUT2D eigenvalue weighted by atomic mass is 10.1. The average molecular weight is 257 g/mol. The molecule has 1 atom stereocenters. The summed E-state index contributed by atoms with van der Waals surface area (Å²) in [6.45, 7) is 2.38. The second-order valence-corrected chi connectivity index (χ2v) is 4.31. The normalized spacial score (nSPS) is 12.2. The van der Waals surface area contributed by atoms with Crippen LogP contribution >= 0.6 is 11.6 Å². The highest BCUT2D eigenvalue weighted by molar-refractivity contribution is 6.36. The Balaban J connectivity index is 2.93. The van der Waals surface area contributed by atoms with Crippen LogP contribution in [-0.2, 0) is 4.74 Å². The number of methoxy groups -OCH3 is 1. The smallest absolute Gasteiger partial charge is 0.255 e. The minimum Gasteiger partial charge on any atom is -0.398 e. The molecule has 0 spiro atoms. The SMILES string of the molecule is COCC(C)N(C)C(=O)c1cccc(N)c1Cl. The molecule has 1 aromatic carbocycles. The number of ether oxygens (including phenoxy) is 1. The lowest BCUT2D eigenvalue weighted by Crippen LogP contribution is -2.38. The van der Waals surface area contributed by atoms with Gasteiger partial charge in [0.2, 0.25) is 0 Å². The summed E-state index contributed by atoms with van der Waals surface area (Å²) >= 11 is 6.01. The van der Waals surface area contributed by atoms with E-state index in [2.05, 4.69) is 0 Å². The van der Waals surface area contributed by atoms with Crippen molar-refractivity contribution >= 4 is 23.2 Å². The third kappa shape index (κ3) is 3.11. The maximum absolute atomic E-state index is 12.2. The molecule has 0 saturated heterocycles. The number of amides is 1. The standard InChI is InChI=1S/C12H17ClN2O2/c1-8(7-17-3)15(2)12(16)9-5-4-6-10(14)11(9)13/h4-6,8H,7,14H2,1-3H3. The summed E-state index contributed by atoms with van der Waals surface area (Å²) < 4.78 is 5.01. The number of nitrogens with zero attached hydrogens (tertiary/aromatic N) is 1. The topological polar surface area (TPSA) is 55.6 Å². The Bertz CT molecular complexity index is 409. The highest BCUT2D eigenvalue weighted by Crippen LogP contribution is 2.24. The van der Waals surface area contributed by atoms with Gasteiger partial charge in [-0.05, 0) is 19.1 Å². The fourth-order valence-electron chi connectivity index (χ4n) is 1.46. The number of benzene rings is 1. The Morgan fingerprint density at radius 3 is 2.82 bits per heavy atom. The van der Waals surface area contributed by atoms with Crippen molar-refractivity contribution in [2.24, 2.45) is 0 Å². The molecule has 0 fully saturated rings. The van der Waals surface area contributed by atoms with Crippen molar-refractivity contribution in [3.63, 3.8) is 0 Å². The van der Waals surface area contributed by atoms with E-state index in [9.17, 15) is 4.79 Å². The number of hydrogen-bond donors (Lipinski definition) is 1. The molecule has 1 aromatic rings. The number of rotatable bonds is 4. The Morgan fingerprint density at radius 2 is 2.24 bits per heavy atom. The molecular formula is C12H17ClN2O2. The first-order valence-corrected chi connectivity index (χ1v) is 5.67. The van der Waals surface area contributed by atoms with Crippen LogP contribution in [0.15, 0.2) is 18.2 Å². The molecular weight excluding hydrogens is 240 g/mol. The van der Waals surface area contributed by atoms with Crippen molar-refractivity contribution in [1.29, 1.82) is 0 Å². The summed E-state index contributed by atoms with van der Waals surface area (Å²) in [4.78, 5) is 13.8. The molecule has 0 heterocycles. The van der Waals surface area contributed by atoms with Gasteiger partial charge in [-0.3, -0.25) is 4.79 Å². The van der Waals surface area contributed by atoms with Gasteiger partial charge in [-0.15, -0.1) is 0 Å². The summed E-state index contributed by atoms with van der Waals surface area (Å²) in [7, 11) is 3.31. The molecule has 94 valence electrons. The fraction of sp³-hybridized carbons (Fsp3) is 0.417. The van der Waals surface area contributed by atoms with Gasteiger partial charge in [0.25, 0.3) is 5.91 Å². The quantitative estimate of drug-likeness (QED) is 0.839. The van der Waals surface area contributed by atoms with E-state index in [1.165, 1.54) is 0 Å². The second-order valence-electron chi connectivity index (χ2n) is 3.93. The first kappa shape index (κ1) is 13.8. The molecule has 2 N–H and O–H groups in total. The molecule has 0 aromatic heterocycles. The lowest BCUT2D eigenvalue weighted by molar-refractivity contribution is 0.0634. The van der Waals surface area contributed by atoms with Crippen molar-refractivity contribution in [3.8, 4) is 0 Å². The highest BCUT2D eigenvalue weighted by Gasteiger charge is 2.20. The maximum Gasteiger partial charge on any atom is 0.255 e. The first-order chi connectivity index (χ1) is 7.99. The monoisotopic (exact) mass is 256 g/mol. The average Bonchev–Trinajstić information content (AvgIpc) is 2.31. The zero-order valence-corrected chi connectivity index (χ0v) is 11.0. The van der Waals surface area contributed by atoms with Gasteiger partial charge in [0.15, 0.2) is 0 Å².